The number of benzene rings is 1. The highest BCUT2D eigenvalue weighted by molar-refractivity contribution is 7.98. The van der Waals surface area contributed by atoms with E-state index in [-0.39, 0.29) is 5.92 Å². The summed E-state index contributed by atoms with van der Waals surface area (Å²) in [6, 6.07) is 3.19. The third-order valence-corrected chi connectivity index (χ3v) is 4.69. The minimum absolute atomic E-state index is 0.139. The van der Waals surface area contributed by atoms with Crippen molar-refractivity contribution in [2.45, 2.75) is 45.7 Å². The van der Waals surface area contributed by atoms with Gasteiger partial charge in [-0.2, -0.15) is 11.8 Å². The van der Waals surface area contributed by atoms with E-state index in [9.17, 15) is 19.2 Å². The van der Waals surface area contributed by atoms with Gasteiger partial charge < -0.3 is 15.4 Å². The van der Waals surface area contributed by atoms with E-state index in [0.29, 0.717) is 41.9 Å². The van der Waals surface area contributed by atoms with Gasteiger partial charge in [0.1, 0.15) is 24.1 Å². The maximum Gasteiger partial charge on any atom is 0.334 e. The lowest BCUT2D eigenvalue weighted by molar-refractivity contribution is -0.140. The summed E-state index contributed by atoms with van der Waals surface area (Å²) < 4.78 is 5.47. The highest BCUT2D eigenvalue weighted by Gasteiger charge is 2.27. The standard InChI is InChI=1S/C20H28N2O5S/c1-13(2)9-17(22-19(25)16(21-12-24)7-8-28-4)20(26)27-18-6-5-15(11-23)10-14(18)3/h5-6,10-13,16-17H,7-9H2,1-4H3,(H,21,24)(H,22,25). The van der Waals surface area contributed by atoms with Crippen LogP contribution in [0.3, 0.4) is 0 Å². The molecular weight excluding hydrogens is 380 g/mol. The number of esters is 1. The number of ether oxygens (including phenoxy) is 1. The van der Waals surface area contributed by atoms with Crippen LogP contribution in [0.5, 0.6) is 5.75 Å². The molecule has 0 aromatic heterocycles. The number of hydrogen-bond acceptors (Lipinski definition) is 6. The molecular formula is C20H28N2O5S. The first-order valence-electron chi connectivity index (χ1n) is 9.08. The molecule has 28 heavy (non-hydrogen) atoms. The molecule has 0 aliphatic heterocycles. The van der Waals surface area contributed by atoms with Gasteiger partial charge in [0.05, 0.1) is 0 Å². The van der Waals surface area contributed by atoms with E-state index in [4.69, 9.17) is 4.74 Å². The van der Waals surface area contributed by atoms with Gasteiger partial charge in [-0.05, 0) is 61.5 Å². The van der Waals surface area contributed by atoms with Gasteiger partial charge in [0.2, 0.25) is 12.3 Å². The maximum absolute atomic E-state index is 12.7. The second kappa shape index (κ2) is 12.2. The first-order valence-corrected chi connectivity index (χ1v) is 10.5. The summed E-state index contributed by atoms with van der Waals surface area (Å²) in [7, 11) is 0. The van der Waals surface area contributed by atoms with Crippen molar-refractivity contribution in [1.82, 2.24) is 10.6 Å². The lowest BCUT2D eigenvalue weighted by Gasteiger charge is -2.23. The normalized spacial score (nSPS) is 12.8. The fourth-order valence-electron chi connectivity index (χ4n) is 2.61. The Labute approximate surface area is 170 Å². The Hall–Kier alpha value is -2.35. The lowest BCUT2D eigenvalue weighted by atomic mass is 10.0. The zero-order valence-corrected chi connectivity index (χ0v) is 17.5. The molecule has 8 heteroatoms. The molecule has 0 radical (unpaired) electrons. The molecule has 1 rings (SSSR count). The first-order chi connectivity index (χ1) is 13.3. The summed E-state index contributed by atoms with van der Waals surface area (Å²) in [6.45, 7) is 5.61. The number of hydrogen-bond donors (Lipinski definition) is 2. The van der Waals surface area contributed by atoms with Gasteiger partial charge in [-0.1, -0.05) is 13.8 Å². The third kappa shape index (κ3) is 7.72. The van der Waals surface area contributed by atoms with Gasteiger partial charge in [0, 0.05) is 5.56 Å². The van der Waals surface area contributed by atoms with Crippen molar-refractivity contribution in [2.24, 2.45) is 5.92 Å². The smallest absolute Gasteiger partial charge is 0.334 e. The number of nitrogens with one attached hydrogen (secondary N) is 2. The van der Waals surface area contributed by atoms with Crippen molar-refractivity contribution in [3.63, 3.8) is 0 Å². The fourth-order valence-corrected chi connectivity index (χ4v) is 3.08. The molecule has 0 heterocycles. The van der Waals surface area contributed by atoms with Gasteiger partial charge in [0.25, 0.3) is 0 Å². The molecule has 2 atom stereocenters. The highest BCUT2D eigenvalue weighted by Crippen LogP contribution is 2.20. The molecule has 0 saturated heterocycles. The molecule has 0 aliphatic rings. The molecule has 1 aromatic carbocycles. The van der Waals surface area contributed by atoms with Crippen LogP contribution in [-0.4, -0.2) is 48.7 Å². The summed E-state index contributed by atoms with van der Waals surface area (Å²) in [6.07, 6.45) is 3.97. The Kier molecular flexibility index (Phi) is 10.3. The molecule has 0 aliphatic carbocycles. The van der Waals surface area contributed by atoms with Crippen molar-refractivity contribution < 1.29 is 23.9 Å². The molecule has 0 saturated carbocycles. The predicted molar refractivity (Wildman–Crippen MR) is 110 cm³/mol. The quantitative estimate of drug-likeness (QED) is 0.312. The predicted octanol–water partition coefficient (Wildman–Crippen LogP) is 2.11. The van der Waals surface area contributed by atoms with Gasteiger partial charge in [0.15, 0.2) is 0 Å². The molecule has 2 amide bonds. The second-order valence-corrected chi connectivity index (χ2v) is 7.86. The van der Waals surface area contributed by atoms with Crippen LogP contribution in [0.15, 0.2) is 18.2 Å². The van der Waals surface area contributed by atoms with E-state index in [1.54, 1.807) is 36.9 Å². The number of amides is 2. The van der Waals surface area contributed by atoms with Crippen molar-refractivity contribution in [3.8, 4) is 5.75 Å². The van der Waals surface area contributed by atoms with Crippen molar-refractivity contribution in [3.05, 3.63) is 29.3 Å². The molecule has 0 spiro atoms. The van der Waals surface area contributed by atoms with E-state index in [1.807, 2.05) is 20.1 Å². The fraction of sp³-hybridized carbons (Fsp3) is 0.500. The largest absolute Gasteiger partial charge is 0.425 e. The average Bonchev–Trinajstić information content (AvgIpc) is 2.65. The van der Waals surface area contributed by atoms with Crippen LogP contribution in [0.25, 0.3) is 0 Å². The van der Waals surface area contributed by atoms with Crippen molar-refractivity contribution >= 4 is 36.3 Å². The van der Waals surface area contributed by atoms with Crippen LogP contribution in [0, 0.1) is 12.8 Å². The highest BCUT2D eigenvalue weighted by atomic mass is 32.2. The second-order valence-electron chi connectivity index (χ2n) is 6.87. The Balaban J connectivity index is 2.90. The van der Waals surface area contributed by atoms with Crippen LogP contribution in [-0.2, 0) is 14.4 Å². The Morgan fingerprint density at radius 1 is 1.21 bits per heavy atom. The van der Waals surface area contributed by atoms with Gasteiger partial charge in [-0.15, -0.1) is 0 Å². The first kappa shape index (κ1) is 23.7. The maximum atomic E-state index is 12.7. The van der Waals surface area contributed by atoms with Crippen LogP contribution < -0.4 is 15.4 Å². The molecule has 7 nitrogen and oxygen atoms in total. The molecule has 1 aromatic rings. The molecule has 2 N–H and O–H groups in total. The summed E-state index contributed by atoms with van der Waals surface area (Å²) in [5.74, 6) is 0.166. The van der Waals surface area contributed by atoms with Gasteiger partial charge in [-0.3, -0.25) is 14.4 Å². The number of thioether (sulfide) groups is 1. The monoisotopic (exact) mass is 408 g/mol. The summed E-state index contributed by atoms with van der Waals surface area (Å²) in [5.41, 5.74) is 1.13. The van der Waals surface area contributed by atoms with E-state index in [0.717, 1.165) is 6.29 Å². The van der Waals surface area contributed by atoms with Crippen molar-refractivity contribution in [1.29, 1.82) is 0 Å². The van der Waals surface area contributed by atoms with E-state index >= 15 is 0 Å². The topological polar surface area (TPSA) is 102 Å². The van der Waals surface area contributed by atoms with Crippen LogP contribution >= 0.6 is 11.8 Å². The zero-order valence-electron chi connectivity index (χ0n) is 16.7. The third-order valence-electron chi connectivity index (χ3n) is 4.05. The SMILES string of the molecule is CSCCC(NC=O)C(=O)NC(CC(C)C)C(=O)Oc1ccc(C=O)cc1C. The minimum atomic E-state index is -0.845. The van der Waals surface area contributed by atoms with Gasteiger partial charge in [-0.25, -0.2) is 4.79 Å². The summed E-state index contributed by atoms with van der Waals surface area (Å²) in [5, 5.41) is 5.20. The number of aryl methyl sites for hydroxylation is 1. The van der Waals surface area contributed by atoms with Crippen LogP contribution in [0.4, 0.5) is 0 Å². The number of carbonyl (C=O) groups excluding carboxylic acids is 4. The van der Waals surface area contributed by atoms with E-state index in [2.05, 4.69) is 10.6 Å². The Bertz CT molecular complexity index is 693. The molecule has 154 valence electrons. The van der Waals surface area contributed by atoms with Gasteiger partial charge >= 0.3 is 5.97 Å². The Morgan fingerprint density at radius 2 is 1.93 bits per heavy atom. The lowest BCUT2D eigenvalue weighted by Crippen LogP contribution is -2.51. The van der Waals surface area contributed by atoms with Crippen molar-refractivity contribution in [2.75, 3.05) is 12.0 Å². The zero-order chi connectivity index (χ0) is 21.1. The molecule has 0 fully saturated rings. The van der Waals surface area contributed by atoms with E-state index in [1.165, 1.54) is 0 Å². The number of aldehydes is 1. The van der Waals surface area contributed by atoms with Crippen LogP contribution in [0.2, 0.25) is 0 Å². The Morgan fingerprint density at radius 3 is 2.46 bits per heavy atom. The molecule has 2 unspecified atom stereocenters. The summed E-state index contributed by atoms with van der Waals surface area (Å²) >= 11 is 1.56. The van der Waals surface area contributed by atoms with Crippen LogP contribution in [0.1, 0.15) is 42.6 Å². The van der Waals surface area contributed by atoms with E-state index < -0.39 is 24.0 Å². The molecule has 0 bridgehead atoms. The average molecular weight is 409 g/mol. The summed E-state index contributed by atoms with van der Waals surface area (Å²) in [4.78, 5) is 46.9. The minimum Gasteiger partial charge on any atom is -0.425 e. The number of rotatable bonds is 12. The number of carbonyl (C=O) groups is 4.